The highest BCUT2D eigenvalue weighted by Crippen LogP contribution is 2.28. The van der Waals surface area contributed by atoms with Gasteiger partial charge in [-0.1, -0.05) is 6.07 Å². The van der Waals surface area contributed by atoms with Gasteiger partial charge in [-0.2, -0.15) is 5.26 Å². The largest absolute Gasteiger partial charge is 0.497 e. The summed E-state index contributed by atoms with van der Waals surface area (Å²) in [6.45, 7) is -0.0918. The molecule has 3 rings (SSSR count). The molecular weight excluding hydrogens is 404 g/mol. The average Bonchev–Trinajstić information content (AvgIpc) is 3.11. The van der Waals surface area contributed by atoms with Crippen molar-refractivity contribution in [2.45, 2.75) is 0 Å². The Labute approximate surface area is 176 Å². The summed E-state index contributed by atoms with van der Waals surface area (Å²) in [6.07, 6.45) is 3.08. The fraction of sp³-hybridized carbons (Fsp3) is 0.136. The number of hydrogen-bond acceptors (Lipinski definition) is 7. The molecule has 1 aromatic heterocycles. The van der Waals surface area contributed by atoms with Crippen LogP contribution in [0.5, 0.6) is 17.2 Å². The van der Waals surface area contributed by atoms with Gasteiger partial charge in [0.25, 0.3) is 5.56 Å². The summed E-state index contributed by atoms with van der Waals surface area (Å²) < 4.78 is 16.5. The molecule has 7 nitrogen and oxygen atoms in total. The van der Waals surface area contributed by atoms with Crippen LogP contribution in [0.3, 0.4) is 0 Å². The Morgan fingerprint density at radius 2 is 1.90 bits per heavy atom. The number of Topliss-reactive ketones (excluding diaryl/α,β-unsaturated/α-hetero) is 1. The number of carbonyl (C=O) groups is 1. The Morgan fingerprint density at radius 1 is 1.13 bits per heavy atom. The number of hydrogen-bond donors (Lipinski definition) is 1. The first-order valence-electron chi connectivity index (χ1n) is 8.83. The normalized spacial score (nSPS) is 11.8. The Morgan fingerprint density at radius 3 is 2.57 bits per heavy atom. The van der Waals surface area contributed by atoms with Crippen molar-refractivity contribution >= 4 is 29.3 Å². The van der Waals surface area contributed by atoms with Crippen molar-refractivity contribution < 1.29 is 19.0 Å². The fourth-order valence-corrected chi connectivity index (χ4v) is 3.52. The van der Waals surface area contributed by atoms with Gasteiger partial charge >= 0.3 is 0 Å². The van der Waals surface area contributed by atoms with Crippen LogP contribution >= 0.6 is 11.3 Å². The maximum atomic E-state index is 12.4. The molecule has 30 heavy (non-hydrogen) atoms. The van der Waals surface area contributed by atoms with Gasteiger partial charge in [0.15, 0.2) is 23.9 Å². The third kappa shape index (κ3) is 4.96. The first-order chi connectivity index (χ1) is 14.5. The minimum atomic E-state index is -0.294. The second-order valence-corrected chi connectivity index (χ2v) is 7.11. The van der Waals surface area contributed by atoms with E-state index in [0.29, 0.717) is 32.0 Å². The predicted molar refractivity (Wildman–Crippen MR) is 114 cm³/mol. The Kier molecular flexibility index (Phi) is 6.67. The molecule has 0 saturated carbocycles. The lowest BCUT2D eigenvalue weighted by molar-refractivity contribution is 0.106. The van der Waals surface area contributed by atoms with Gasteiger partial charge < -0.3 is 19.2 Å². The summed E-state index contributed by atoms with van der Waals surface area (Å²) in [4.78, 5) is 27.4. The van der Waals surface area contributed by atoms with E-state index in [1.54, 1.807) is 55.7 Å². The average molecular weight is 422 g/mol. The molecule has 0 radical (unpaired) electrons. The van der Waals surface area contributed by atoms with E-state index in [-0.39, 0.29) is 17.9 Å². The lowest BCUT2D eigenvalue weighted by atomic mass is 10.1. The molecule has 1 heterocycles. The summed E-state index contributed by atoms with van der Waals surface area (Å²) in [5.74, 6) is 1.33. The van der Waals surface area contributed by atoms with Crippen LogP contribution < -0.4 is 29.0 Å². The number of ether oxygens (including phenoxy) is 3. The topological polar surface area (TPSA) is 101 Å². The molecular formula is C22H18N2O5S. The number of aromatic amines is 1. The van der Waals surface area contributed by atoms with Crippen LogP contribution in [0.4, 0.5) is 0 Å². The van der Waals surface area contributed by atoms with Gasteiger partial charge in [-0.05, 0) is 48.0 Å². The van der Waals surface area contributed by atoms with Crippen molar-refractivity contribution in [1.29, 1.82) is 5.26 Å². The Balaban J connectivity index is 1.91. The molecule has 0 unspecified atom stereocenters. The van der Waals surface area contributed by atoms with Crippen LogP contribution in [0.25, 0.3) is 12.2 Å². The molecule has 0 amide bonds. The number of thiazole rings is 1. The highest BCUT2D eigenvalue weighted by atomic mass is 32.1. The highest BCUT2D eigenvalue weighted by molar-refractivity contribution is 7.07. The molecule has 3 aromatic rings. The maximum absolute atomic E-state index is 12.4. The minimum absolute atomic E-state index is 0.0918. The zero-order chi connectivity index (χ0) is 21.5. The number of carbonyl (C=O) groups excluding carboxylic acids is 1. The number of H-pyrrole nitrogens is 1. The maximum Gasteiger partial charge on any atom is 0.266 e. The third-order valence-corrected chi connectivity index (χ3v) is 5.06. The van der Waals surface area contributed by atoms with E-state index >= 15 is 0 Å². The van der Waals surface area contributed by atoms with E-state index in [1.165, 1.54) is 24.5 Å². The lowest BCUT2D eigenvalue weighted by Crippen LogP contribution is -2.20. The van der Waals surface area contributed by atoms with Crippen LogP contribution in [-0.2, 0) is 0 Å². The van der Waals surface area contributed by atoms with Crippen LogP contribution in [-0.4, -0.2) is 31.6 Å². The van der Waals surface area contributed by atoms with Crippen molar-refractivity contribution in [3.05, 3.63) is 73.1 Å². The standard InChI is InChI=1S/C22H18N2O5S/c1-27-16-6-4-15(5-7-16)17(25)13-21-24-22(26)20(30-21)12-14-3-8-18(29-10-9-23)19(11-14)28-2/h3-8,11-13H,10H2,1-2H3,(H,24,26)/b20-12+,21-13+. The summed E-state index contributed by atoms with van der Waals surface area (Å²) in [5, 5.41) is 8.64. The van der Waals surface area contributed by atoms with Gasteiger partial charge in [0.05, 0.1) is 23.4 Å². The van der Waals surface area contributed by atoms with Crippen molar-refractivity contribution in [1.82, 2.24) is 4.98 Å². The molecule has 0 fully saturated rings. The quantitative estimate of drug-likeness (QED) is 0.583. The fourth-order valence-electron chi connectivity index (χ4n) is 2.64. The lowest BCUT2D eigenvalue weighted by Gasteiger charge is -2.08. The second-order valence-electron chi connectivity index (χ2n) is 6.02. The van der Waals surface area contributed by atoms with E-state index in [1.807, 2.05) is 6.07 Å². The number of ketones is 1. The number of aromatic nitrogens is 1. The molecule has 0 saturated heterocycles. The van der Waals surface area contributed by atoms with Gasteiger partial charge in [-0.25, -0.2) is 0 Å². The monoisotopic (exact) mass is 422 g/mol. The van der Waals surface area contributed by atoms with Gasteiger partial charge in [0.1, 0.15) is 11.8 Å². The summed E-state index contributed by atoms with van der Waals surface area (Å²) >= 11 is 1.18. The summed E-state index contributed by atoms with van der Waals surface area (Å²) in [5.41, 5.74) is 0.919. The van der Waals surface area contributed by atoms with E-state index in [9.17, 15) is 9.59 Å². The molecule has 0 aliphatic rings. The van der Waals surface area contributed by atoms with Gasteiger partial charge in [-0.3, -0.25) is 9.59 Å². The predicted octanol–water partition coefficient (Wildman–Crippen LogP) is 1.85. The molecule has 152 valence electrons. The molecule has 8 heteroatoms. The van der Waals surface area contributed by atoms with Gasteiger partial charge in [0.2, 0.25) is 0 Å². The zero-order valence-electron chi connectivity index (χ0n) is 16.3. The molecule has 1 N–H and O–H groups in total. The zero-order valence-corrected chi connectivity index (χ0v) is 17.1. The number of benzene rings is 2. The van der Waals surface area contributed by atoms with Crippen LogP contribution in [0.2, 0.25) is 0 Å². The Bertz CT molecular complexity index is 1270. The van der Waals surface area contributed by atoms with Crippen molar-refractivity contribution in [3.8, 4) is 23.3 Å². The highest BCUT2D eigenvalue weighted by Gasteiger charge is 2.06. The first kappa shape index (κ1) is 20.9. The van der Waals surface area contributed by atoms with Crippen molar-refractivity contribution in [2.75, 3.05) is 20.8 Å². The van der Waals surface area contributed by atoms with Crippen LogP contribution in [0.15, 0.2) is 47.3 Å². The smallest absolute Gasteiger partial charge is 0.266 e. The number of nitrogens with one attached hydrogen (secondary N) is 1. The third-order valence-electron chi connectivity index (χ3n) is 4.09. The van der Waals surface area contributed by atoms with E-state index in [2.05, 4.69) is 4.98 Å². The molecule has 0 atom stereocenters. The van der Waals surface area contributed by atoms with E-state index in [0.717, 1.165) is 5.56 Å². The number of nitrogens with zero attached hydrogens (tertiary/aromatic N) is 1. The van der Waals surface area contributed by atoms with Crippen molar-refractivity contribution in [2.24, 2.45) is 0 Å². The molecule has 2 aromatic carbocycles. The molecule has 0 aliphatic carbocycles. The van der Waals surface area contributed by atoms with E-state index in [4.69, 9.17) is 19.5 Å². The van der Waals surface area contributed by atoms with Gasteiger partial charge in [-0.15, -0.1) is 11.3 Å². The number of rotatable bonds is 7. The number of methoxy groups -OCH3 is 2. The van der Waals surface area contributed by atoms with Crippen LogP contribution in [0, 0.1) is 11.3 Å². The SMILES string of the molecule is COc1ccc(C(=O)/C=c2\[nH]c(=O)/c(=C\c3ccc(OCC#N)c(OC)c3)s2)cc1. The van der Waals surface area contributed by atoms with Crippen molar-refractivity contribution in [3.63, 3.8) is 0 Å². The molecule has 0 aliphatic heterocycles. The minimum Gasteiger partial charge on any atom is -0.497 e. The van der Waals surface area contributed by atoms with Gasteiger partial charge in [0, 0.05) is 11.6 Å². The second kappa shape index (κ2) is 9.58. The van der Waals surface area contributed by atoms with Crippen LogP contribution in [0.1, 0.15) is 15.9 Å². The molecule has 0 bridgehead atoms. The summed E-state index contributed by atoms with van der Waals surface area (Å²) in [6, 6.07) is 13.8. The number of nitriles is 1. The molecule has 0 spiro atoms. The Hall–Kier alpha value is -3.83. The summed E-state index contributed by atoms with van der Waals surface area (Å²) in [7, 11) is 3.05. The first-order valence-corrected chi connectivity index (χ1v) is 9.64. The van der Waals surface area contributed by atoms with E-state index < -0.39 is 0 Å².